The van der Waals surface area contributed by atoms with Crippen LogP contribution in [0.25, 0.3) is 0 Å². The Hall–Kier alpha value is -1.09. The zero-order valence-corrected chi connectivity index (χ0v) is 6.38. The summed E-state index contributed by atoms with van der Waals surface area (Å²) in [4.78, 5) is 10.2. The van der Waals surface area contributed by atoms with Crippen LogP contribution in [0.1, 0.15) is 6.42 Å². The molecule has 0 heterocycles. The lowest BCUT2D eigenvalue weighted by atomic mass is 10.2. The molecule has 0 fully saturated rings. The Kier molecular flexibility index (Phi) is 5.11. The molecule has 0 saturated heterocycles. The lowest BCUT2D eigenvalue weighted by Gasteiger charge is -1.99. The molecule has 0 aromatic carbocycles. The van der Waals surface area contributed by atoms with E-state index in [4.69, 9.17) is 9.84 Å². The van der Waals surface area contributed by atoms with Crippen molar-refractivity contribution in [1.29, 1.82) is 0 Å². The molecular weight excluding hydrogens is 144 g/mol. The van der Waals surface area contributed by atoms with Crippen LogP contribution in [0.15, 0.2) is 24.8 Å². The second-order valence-electron chi connectivity index (χ2n) is 2.02. The van der Waals surface area contributed by atoms with Crippen molar-refractivity contribution in [2.75, 3.05) is 13.2 Å². The van der Waals surface area contributed by atoms with Crippen LogP contribution in [-0.4, -0.2) is 24.3 Å². The minimum atomic E-state index is -0.966. The molecule has 62 valence electrons. The largest absolute Gasteiger partial charge is 0.478 e. The van der Waals surface area contributed by atoms with Crippen molar-refractivity contribution in [3.05, 3.63) is 24.8 Å². The van der Waals surface area contributed by atoms with E-state index in [9.17, 15) is 4.79 Å². The Balaban J connectivity index is 3.31. The number of aliphatic carboxylic acids is 1. The summed E-state index contributed by atoms with van der Waals surface area (Å²) in [5, 5.41) is 8.36. The first-order valence-electron chi connectivity index (χ1n) is 3.28. The Labute approximate surface area is 66.0 Å². The number of carboxylic acid groups (broad SMARTS) is 1. The monoisotopic (exact) mass is 156 g/mol. The average Bonchev–Trinajstić information content (AvgIpc) is 1.97. The van der Waals surface area contributed by atoms with Crippen LogP contribution >= 0.6 is 0 Å². The van der Waals surface area contributed by atoms with Gasteiger partial charge in [-0.2, -0.15) is 0 Å². The van der Waals surface area contributed by atoms with Gasteiger partial charge >= 0.3 is 5.97 Å². The number of hydrogen-bond donors (Lipinski definition) is 1. The smallest absolute Gasteiger partial charge is 0.331 e. The van der Waals surface area contributed by atoms with Gasteiger partial charge in [-0.15, -0.1) is 6.58 Å². The van der Waals surface area contributed by atoms with Gasteiger partial charge in [-0.25, -0.2) is 4.79 Å². The first kappa shape index (κ1) is 9.91. The number of carbonyl (C=O) groups is 1. The highest BCUT2D eigenvalue weighted by Crippen LogP contribution is 1.97. The Morgan fingerprint density at radius 3 is 2.73 bits per heavy atom. The van der Waals surface area contributed by atoms with Crippen molar-refractivity contribution < 1.29 is 14.6 Å². The zero-order valence-electron chi connectivity index (χ0n) is 6.38. The molecule has 1 N–H and O–H groups in total. The summed E-state index contributed by atoms with van der Waals surface area (Å²) in [5.74, 6) is -0.966. The van der Waals surface area contributed by atoms with Crippen LogP contribution in [0, 0.1) is 0 Å². The van der Waals surface area contributed by atoms with Crippen molar-refractivity contribution >= 4 is 5.97 Å². The van der Waals surface area contributed by atoms with E-state index in [1.165, 1.54) is 0 Å². The fourth-order valence-corrected chi connectivity index (χ4v) is 0.469. The topological polar surface area (TPSA) is 46.5 Å². The third kappa shape index (κ3) is 5.36. The maximum absolute atomic E-state index is 10.2. The number of carboxylic acids is 1. The van der Waals surface area contributed by atoms with Gasteiger partial charge < -0.3 is 9.84 Å². The molecular formula is C8H12O3. The highest BCUT2D eigenvalue weighted by molar-refractivity contribution is 5.85. The van der Waals surface area contributed by atoms with E-state index in [1.54, 1.807) is 6.08 Å². The molecule has 0 rings (SSSR count). The van der Waals surface area contributed by atoms with E-state index in [2.05, 4.69) is 13.2 Å². The minimum absolute atomic E-state index is 0.175. The van der Waals surface area contributed by atoms with Crippen LogP contribution < -0.4 is 0 Å². The third-order valence-corrected chi connectivity index (χ3v) is 1.09. The fourth-order valence-electron chi connectivity index (χ4n) is 0.469. The molecule has 0 aliphatic heterocycles. The van der Waals surface area contributed by atoms with Crippen LogP contribution in [0.4, 0.5) is 0 Å². The molecule has 0 unspecified atom stereocenters. The molecule has 0 aromatic rings. The van der Waals surface area contributed by atoms with E-state index in [0.29, 0.717) is 19.6 Å². The Morgan fingerprint density at radius 2 is 2.27 bits per heavy atom. The summed E-state index contributed by atoms with van der Waals surface area (Å²) in [7, 11) is 0. The van der Waals surface area contributed by atoms with Gasteiger partial charge in [-0.1, -0.05) is 12.7 Å². The molecule has 0 amide bonds. The van der Waals surface area contributed by atoms with Gasteiger partial charge in [0.15, 0.2) is 0 Å². The van der Waals surface area contributed by atoms with Crippen LogP contribution in [0.5, 0.6) is 0 Å². The standard InChI is InChI=1S/C8H12O3/c1-3-5-11-6-4-7(2)8(9)10/h3H,1-2,4-6H2,(H,9,10). The summed E-state index contributed by atoms with van der Waals surface area (Å²) in [6.45, 7) is 7.63. The zero-order chi connectivity index (χ0) is 8.69. The summed E-state index contributed by atoms with van der Waals surface area (Å²) < 4.78 is 4.96. The SMILES string of the molecule is C=CCOCCC(=C)C(=O)O. The molecule has 0 atom stereocenters. The number of hydrogen-bond acceptors (Lipinski definition) is 2. The highest BCUT2D eigenvalue weighted by atomic mass is 16.5. The summed E-state index contributed by atoms with van der Waals surface area (Å²) in [5.41, 5.74) is 0.175. The number of rotatable bonds is 6. The predicted octanol–water partition coefficient (Wildman–Crippen LogP) is 1.22. The molecule has 0 radical (unpaired) electrons. The Bertz CT molecular complexity index is 161. The first-order valence-corrected chi connectivity index (χ1v) is 3.28. The molecule has 0 saturated carbocycles. The van der Waals surface area contributed by atoms with Crippen molar-refractivity contribution in [2.45, 2.75) is 6.42 Å². The van der Waals surface area contributed by atoms with Crippen molar-refractivity contribution in [3.8, 4) is 0 Å². The summed E-state index contributed by atoms with van der Waals surface area (Å²) in [6, 6.07) is 0. The van der Waals surface area contributed by atoms with Gasteiger partial charge in [0.2, 0.25) is 0 Å². The quantitative estimate of drug-likeness (QED) is 0.357. The molecule has 0 spiro atoms. The van der Waals surface area contributed by atoms with Gasteiger partial charge in [-0.3, -0.25) is 0 Å². The lowest BCUT2D eigenvalue weighted by Crippen LogP contribution is -2.03. The van der Waals surface area contributed by atoms with E-state index >= 15 is 0 Å². The second kappa shape index (κ2) is 5.68. The van der Waals surface area contributed by atoms with Gasteiger partial charge in [-0.05, 0) is 0 Å². The second-order valence-corrected chi connectivity index (χ2v) is 2.02. The maximum atomic E-state index is 10.2. The molecule has 0 bridgehead atoms. The predicted molar refractivity (Wildman–Crippen MR) is 42.4 cm³/mol. The molecule has 0 aromatic heterocycles. The van der Waals surface area contributed by atoms with Gasteiger partial charge in [0, 0.05) is 12.0 Å². The molecule has 11 heavy (non-hydrogen) atoms. The normalized spacial score (nSPS) is 9.09. The number of ether oxygens (including phenoxy) is 1. The lowest BCUT2D eigenvalue weighted by molar-refractivity contribution is -0.132. The third-order valence-electron chi connectivity index (χ3n) is 1.09. The molecule has 3 nitrogen and oxygen atoms in total. The van der Waals surface area contributed by atoms with Gasteiger partial charge in [0.05, 0.1) is 13.2 Å². The first-order chi connectivity index (χ1) is 5.18. The molecule has 0 aliphatic rings. The van der Waals surface area contributed by atoms with Crippen LogP contribution in [-0.2, 0) is 9.53 Å². The van der Waals surface area contributed by atoms with E-state index in [-0.39, 0.29) is 5.57 Å². The van der Waals surface area contributed by atoms with E-state index in [0.717, 1.165) is 0 Å². The van der Waals surface area contributed by atoms with Crippen LogP contribution in [0.3, 0.4) is 0 Å². The summed E-state index contributed by atoms with van der Waals surface area (Å²) >= 11 is 0. The van der Waals surface area contributed by atoms with E-state index < -0.39 is 5.97 Å². The van der Waals surface area contributed by atoms with E-state index in [1.807, 2.05) is 0 Å². The van der Waals surface area contributed by atoms with Gasteiger partial charge in [0.1, 0.15) is 0 Å². The van der Waals surface area contributed by atoms with Crippen molar-refractivity contribution in [2.24, 2.45) is 0 Å². The maximum Gasteiger partial charge on any atom is 0.331 e. The average molecular weight is 156 g/mol. The van der Waals surface area contributed by atoms with Crippen molar-refractivity contribution in [3.63, 3.8) is 0 Å². The van der Waals surface area contributed by atoms with Gasteiger partial charge in [0.25, 0.3) is 0 Å². The summed E-state index contributed by atoms with van der Waals surface area (Å²) in [6.07, 6.45) is 1.98. The van der Waals surface area contributed by atoms with Crippen LogP contribution in [0.2, 0.25) is 0 Å². The highest BCUT2D eigenvalue weighted by Gasteiger charge is 2.01. The minimum Gasteiger partial charge on any atom is -0.478 e. The molecule has 0 aliphatic carbocycles. The fraction of sp³-hybridized carbons (Fsp3) is 0.375. The Morgan fingerprint density at radius 1 is 1.64 bits per heavy atom. The molecule has 3 heteroatoms. The van der Waals surface area contributed by atoms with Crippen molar-refractivity contribution in [1.82, 2.24) is 0 Å².